The van der Waals surface area contributed by atoms with Gasteiger partial charge in [-0.15, -0.1) is 0 Å². The number of carbonyl (C=O) groups is 1. The van der Waals surface area contributed by atoms with Gasteiger partial charge in [-0.2, -0.15) is 5.10 Å². The van der Waals surface area contributed by atoms with E-state index in [2.05, 4.69) is 15.5 Å². The Balaban J connectivity index is 1.85. The first-order valence-electron chi connectivity index (χ1n) is 10.9. The van der Waals surface area contributed by atoms with Gasteiger partial charge < -0.3 is 30.7 Å². The van der Waals surface area contributed by atoms with Crippen molar-refractivity contribution in [1.82, 2.24) is 15.1 Å². The lowest BCUT2D eigenvalue weighted by Crippen LogP contribution is -2.36. The summed E-state index contributed by atoms with van der Waals surface area (Å²) in [6, 6.07) is 13.2. The topological polar surface area (TPSA) is 120 Å². The Labute approximate surface area is 194 Å². The van der Waals surface area contributed by atoms with Crippen molar-refractivity contribution in [3.8, 4) is 16.9 Å². The number of anilines is 2. The fraction of sp³-hybridized carbons (Fsp3) is 0.333. The van der Waals surface area contributed by atoms with Crippen LogP contribution in [0.15, 0.2) is 54.9 Å². The number of aromatic amines is 1. The number of nitrogens with two attached hydrogens (primary N) is 1. The molecule has 9 nitrogen and oxygen atoms in total. The number of rotatable bonds is 11. The van der Waals surface area contributed by atoms with Gasteiger partial charge in [0.2, 0.25) is 0 Å². The number of aliphatic hydroxyl groups is 1. The minimum absolute atomic E-state index is 0.00573. The van der Waals surface area contributed by atoms with Crippen LogP contribution in [-0.2, 0) is 6.54 Å². The van der Waals surface area contributed by atoms with E-state index in [1.165, 1.54) is 0 Å². The molecule has 2 aromatic carbocycles. The second-order valence-corrected chi connectivity index (χ2v) is 7.71. The van der Waals surface area contributed by atoms with Gasteiger partial charge >= 0.3 is 6.03 Å². The number of nitrogens with one attached hydrogen (secondary N) is 2. The number of methoxy groups -OCH3 is 1. The monoisotopic (exact) mass is 452 g/mol. The summed E-state index contributed by atoms with van der Waals surface area (Å²) in [7, 11) is 3.55. The molecular formula is C24H32N6O3. The molecule has 2 amide bonds. The lowest BCUT2D eigenvalue weighted by Gasteiger charge is -2.26. The van der Waals surface area contributed by atoms with Crippen LogP contribution in [-0.4, -0.2) is 66.6 Å². The van der Waals surface area contributed by atoms with Crippen LogP contribution in [0.2, 0.25) is 0 Å². The molecule has 3 rings (SSSR count). The summed E-state index contributed by atoms with van der Waals surface area (Å²) < 4.78 is 5.30. The Morgan fingerprint density at radius 3 is 2.76 bits per heavy atom. The third-order valence-corrected chi connectivity index (χ3v) is 5.33. The average Bonchev–Trinajstić information content (AvgIpc) is 3.37. The van der Waals surface area contributed by atoms with Gasteiger partial charge in [0.05, 0.1) is 24.7 Å². The summed E-state index contributed by atoms with van der Waals surface area (Å²) in [6.45, 7) is 1.94. The van der Waals surface area contributed by atoms with E-state index in [1.54, 1.807) is 18.2 Å². The Morgan fingerprint density at radius 1 is 1.21 bits per heavy atom. The van der Waals surface area contributed by atoms with E-state index in [1.807, 2.05) is 60.6 Å². The van der Waals surface area contributed by atoms with Crippen molar-refractivity contribution in [2.24, 2.45) is 5.73 Å². The van der Waals surface area contributed by atoms with Gasteiger partial charge in [0.15, 0.2) is 0 Å². The van der Waals surface area contributed by atoms with Crippen LogP contribution in [0, 0.1) is 0 Å². The number of benzene rings is 2. The van der Waals surface area contributed by atoms with Crippen LogP contribution in [0.25, 0.3) is 11.1 Å². The lowest BCUT2D eigenvalue weighted by atomic mass is 10.1. The molecule has 5 N–H and O–H groups in total. The fourth-order valence-electron chi connectivity index (χ4n) is 3.56. The van der Waals surface area contributed by atoms with Crippen molar-refractivity contribution in [1.29, 1.82) is 0 Å². The van der Waals surface area contributed by atoms with E-state index < -0.39 is 0 Å². The molecule has 0 fully saturated rings. The first-order valence-corrected chi connectivity index (χ1v) is 10.9. The van der Waals surface area contributed by atoms with Crippen LogP contribution >= 0.6 is 0 Å². The zero-order valence-corrected chi connectivity index (χ0v) is 19.1. The maximum Gasteiger partial charge on any atom is 0.322 e. The van der Waals surface area contributed by atoms with E-state index in [-0.39, 0.29) is 12.6 Å². The van der Waals surface area contributed by atoms with Gasteiger partial charge in [-0.3, -0.25) is 5.10 Å². The summed E-state index contributed by atoms with van der Waals surface area (Å²) in [6.07, 6.45) is 4.06. The molecule has 0 unspecified atom stereocenters. The number of urea groups is 1. The molecule has 0 spiro atoms. The lowest BCUT2D eigenvalue weighted by molar-refractivity contribution is 0.199. The molecule has 0 bridgehead atoms. The molecule has 176 valence electrons. The third kappa shape index (κ3) is 6.47. The highest BCUT2D eigenvalue weighted by Crippen LogP contribution is 2.31. The van der Waals surface area contributed by atoms with Crippen LogP contribution < -0.4 is 20.7 Å². The number of carbonyl (C=O) groups excluding carboxylic acids is 1. The van der Waals surface area contributed by atoms with Crippen molar-refractivity contribution in [2.45, 2.75) is 13.0 Å². The second-order valence-electron chi connectivity index (χ2n) is 7.71. The number of amides is 2. The molecule has 0 aliphatic rings. The van der Waals surface area contributed by atoms with Crippen LogP contribution in [0.3, 0.4) is 0 Å². The maximum absolute atomic E-state index is 13.3. The molecule has 1 aromatic heterocycles. The number of ether oxygens (including phenoxy) is 1. The molecule has 0 saturated carbocycles. The summed E-state index contributed by atoms with van der Waals surface area (Å²) in [5.41, 5.74) is 10.2. The first-order chi connectivity index (χ1) is 16.0. The smallest absolute Gasteiger partial charge is 0.322 e. The minimum Gasteiger partial charge on any atom is -0.497 e. The van der Waals surface area contributed by atoms with Crippen molar-refractivity contribution < 1.29 is 14.6 Å². The van der Waals surface area contributed by atoms with Gasteiger partial charge in [0.1, 0.15) is 5.75 Å². The fourth-order valence-corrected chi connectivity index (χ4v) is 3.56. The number of aliphatic hydroxyl groups excluding tert-OH is 1. The zero-order valence-electron chi connectivity index (χ0n) is 19.1. The van der Waals surface area contributed by atoms with Gasteiger partial charge in [-0.25, -0.2) is 4.79 Å². The molecule has 0 radical (unpaired) electrons. The Kier molecular flexibility index (Phi) is 8.68. The normalized spacial score (nSPS) is 10.7. The van der Waals surface area contributed by atoms with Crippen molar-refractivity contribution >= 4 is 17.4 Å². The van der Waals surface area contributed by atoms with Gasteiger partial charge in [-0.1, -0.05) is 18.2 Å². The van der Waals surface area contributed by atoms with E-state index in [9.17, 15) is 9.90 Å². The number of likely N-dealkylation sites (N-methyl/N-ethyl adjacent to an activating group) is 1. The Hall–Kier alpha value is -3.56. The number of nitrogens with zero attached hydrogens (tertiary/aromatic N) is 3. The first kappa shape index (κ1) is 24.1. The highest BCUT2D eigenvalue weighted by molar-refractivity contribution is 5.94. The van der Waals surface area contributed by atoms with E-state index >= 15 is 0 Å². The van der Waals surface area contributed by atoms with Gasteiger partial charge in [-0.05, 0) is 41.8 Å². The zero-order chi connectivity index (χ0) is 23.6. The van der Waals surface area contributed by atoms with Crippen molar-refractivity contribution in [3.05, 3.63) is 60.4 Å². The largest absolute Gasteiger partial charge is 0.497 e. The number of hydrogen-bond donors (Lipinski definition) is 4. The van der Waals surface area contributed by atoms with Crippen molar-refractivity contribution in [3.63, 3.8) is 0 Å². The predicted molar refractivity (Wildman–Crippen MR) is 130 cm³/mol. The number of hydrogen-bond acceptors (Lipinski definition) is 6. The van der Waals surface area contributed by atoms with Gasteiger partial charge in [0, 0.05) is 51.6 Å². The van der Waals surface area contributed by atoms with Crippen molar-refractivity contribution in [2.75, 3.05) is 50.6 Å². The second kappa shape index (κ2) is 11.9. The summed E-state index contributed by atoms with van der Waals surface area (Å²) >= 11 is 0. The molecular weight excluding hydrogens is 420 g/mol. The third-order valence-electron chi connectivity index (χ3n) is 5.33. The molecule has 0 atom stereocenters. The number of aromatic nitrogens is 2. The quantitative estimate of drug-likeness (QED) is 0.355. The highest BCUT2D eigenvalue weighted by Gasteiger charge is 2.18. The van der Waals surface area contributed by atoms with Crippen LogP contribution in [0.5, 0.6) is 5.75 Å². The maximum atomic E-state index is 13.3. The summed E-state index contributed by atoms with van der Waals surface area (Å²) in [5, 5.41) is 19.2. The van der Waals surface area contributed by atoms with Crippen LogP contribution in [0.4, 0.5) is 16.2 Å². The molecule has 0 saturated heterocycles. The van der Waals surface area contributed by atoms with E-state index in [0.717, 1.165) is 28.1 Å². The molecule has 0 aliphatic heterocycles. The van der Waals surface area contributed by atoms with E-state index in [4.69, 9.17) is 10.5 Å². The van der Waals surface area contributed by atoms with Gasteiger partial charge in [0.25, 0.3) is 0 Å². The minimum atomic E-state index is -0.246. The summed E-state index contributed by atoms with van der Waals surface area (Å²) in [5.74, 6) is 0.732. The Morgan fingerprint density at radius 2 is 2.06 bits per heavy atom. The average molecular weight is 453 g/mol. The standard InChI is InChI=1S/C24H32N6O3/c1-29(11-9-25)23-14-19(20-15-26-27-16-20)7-8-22(23)28-24(32)30(10-4-12-31)17-18-5-3-6-21(13-18)33-2/h3,5-8,13-16,31H,4,9-12,17,25H2,1-2H3,(H,26,27)(H,28,32). The van der Waals surface area contributed by atoms with E-state index in [0.29, 0.717) is 38.3 Å². The molecule has 33 heavy (non-hydrogen) atoms. The van der Waals surface area contributed by atoms with Crippen LogP contribution in [0.1, 0.15) is 12.0 Å². The number of H-pyrrole nitrogens is 1. The predicted octanol–water partition coefficient (Wildman–Crippen LogP) is 2.90. The summed E-state index contributed by atoms with van der Waals surface area (Å²) in [4.78, 5) is 17.0. The molecule has 9 heteroatoms. The highest BCUT2D eigenvalue weighted by atomic mass is 16.5. The Bertz CT molecular complexity index is 1020. The molecule has 0 aliphatic carbocycles. The SMILES string of the molecule is COc1cccc(CN(CCCO)C(=O)Nc2ccc(-c3cn[nH]c3)cc2N(C)CCN)c1. The molecule has 3 aromatic rings. The molecule has 1 heterocycles.